The SMILES string of the molecule is O=[SH](=O)c1ccc2c(c1)c1ccccc1n2-c1ccccc1.c1ccc2sccc2c1.c1ccc2sccc2c1. The van der Waals surface area contributed by atoms with E-state index in [2.05, 4.69) is 82.1 Å². The Morgan fingerprint density at radius 3 is 1.68 bits per heavy atom. The Kier molecular flexibility index (Phi) is 7.73. The third-order valence-corrected chi connectivity index (χ3v) is 9.10. The predicted molar refractivity (Wildman–Crippen MR) is 173 cm³/mol. The summed E-state index contributed by atoms with van der Waals surface area (Å²) in [4.78, 5) is 0.346. The van der Waals surface area contributed by atoms with Crippen LogP contribution in [0.1, 0.15) is 0 Å². The van der Waals surface area contributed by atoms with E-state index in [1.165, 1.54) is 20.2 Å². The van der Waals surface area contributed by atoms with Crippen LogP contribution >= 0.6 is 22.7 Å². The van der Waals surface area contributed by atoms with Gasteiger partial charge in [-0.05, 0) is 82.2 Å². The summed E-state index contributed by atoms with van der Waals surface area (Å²) in [7, 11) is -2.58. The van der Waals surface area contributed by atoms with Gasteiger partial charge in [0, 0.05) is 25.9 Å². The molecule has 5 aromatic carbocycles. The highest BCUT2D eigenvalue weighted by Gasteiger charge is 2.12. The zero-order chi connectivity index (χ0) is 27.3. The lowest BCUT2D eigenvalue weighted by molar-refractivity contribution is 0.614. The van der Waals surface area contributed by atoms with E-state index < -0.39 is 10.7 Å². The molecule has 0 radical (unpaired) electrons. The molecule has 0 unspecified atom stereocenters. The summed E-state index contributed by atoms with van der Waals surface area (Å²) in [6.45, 7) is 0. The molecule has 3 nitrogen and oxygen atoms in total. The van der Waals surface area contributed by atoms with Crippen molar-refractivity contribution in [3.63, 3.8) is 0 Å². The van der Waals surface area contributed by atoms with Crippen LogP contribution < -0.4 is 0 Å². The maximum Gasteiger partial charge on any atom is 0.168 e. The zero-order valence-electron chi connectivity index (χ0n) is 21.4. The predicted octanol–water partition coefficient (Wildman–Crippen LogP) is 9.56. The molecule has 0 fully saturated rings. The van der Waals surface area contributed by atoms with Crippen molar-refractivity contribution in [1.29, 1.82) is 0 Å². The number of hydrogen-bond acceptors (Lipinski definition) is 4. The Labute approximate surface area is 242 Å². The lowest BCUT2D eigenvalue weighted by atomic mass is 10.1. The maximum absolute atomic E-state index is 11.3. The lowest BCUT2D eigenvalue weighted by Crippen LogP contribution is -1.92. The highest BCUT2D eigenvalue weighted by molar-refractivity contribution is 7.72. The first-order valence-corrected chi connectivity index (χ1v) is 15.7. The van der Waals surface area contributed by atoms with E-state index in [0.717, 1.165) is 27.5 Å². The molecule has 0 saturated heterocycles. The minimum absolute atomic E-state index is 0.346. The summed E-state index contributed by atoms with van der Waals surface area (Å²) in [5.41, 5.74) is 3.14. The fourth-order valence-electron chi connectivity index (χ4n) is 4.74. The standard InChI is InChI=1S/C18H13NO2S.2C8H6S/c20-22(21)14-10-11-18-16(12-14)15-8-4-5-9-17(15)19(18)13-6-2-1-3-7-13;2*1-2-4-8-7(3-1)5-6-9-8/h1-12,22H;2*1-6H. The Morgan fingerprint density at radius 2 is 1.05 bits per heavy atom. The monoisotopic (exact) mass is 575 g/mol. The Balaban J connectivity index is 0.000000131. The molecule has 3 heterocycles. The fraction of sp³-hybridized carbons (Fsp3) is 0. The summed E-state index contributed by atoms with van der Waals surface area (Å²) in [5, 5.41) is 8.94. The largest absolute Gasteiger partial charge is 0.309 e. The van der Waals surface area contributed by atoms with Crippen LogP contribution in [0.3, 0.4) is 0 Å². The maximum atomic E-state index is 11.3. The molecule has 0 aliphatic heterocycles. The van der Waals surface area contributed by atoms with E-state index in [-0.39, 0.29) is 0 Å². The van der Waals surface area contributed by atoms with Gasteiger partial charge in [-0.2, -0.15) is 0 Å². The molecule has 8 aromatic rings. The number of hydrogen-bond donors (Lipinski definition) is 1. The number of rotatable bonds is 2. The minimum Gasteiger partial charge on any atom is -0.309 e. The first-order chi connectivity index (χ1) is 19.7. The fourth-order valence-corrected chi connectivity index (χ4v) is 6.75. The van der Waals surface area contributed by atoms with Crippen LogP contribution in [0.2, 0.25) is 0 Å². The summed E-state index contributed by atoms with van der Waals surface area (Å²) >= 11 is 3.57. The van der Waals surface area contributed by atoms with Crippen LogP contribution in [0.15, 0.2) is 149 Å². The second kappa shape index (κ2) is 11.9. The quantitative estimate of drug-likeness (QED) is 0.209. The van der Waals surface area contributed by atoms with Gasteiger partial charge in [0.05, 0.1) is 15.9 Å². The number of para-hydroxylation sites is 2. The van der Waals surface area contributed by atoms with Crippen molar-refractivity contribution in [2.45, 2.75) is 4.90 Å². The van der Waals surface area contributed by atoms with E-state index in [4.69, 9.17) is 0 Å². The van der Waals surface area contributed by atoms with Crippen molar-refractivity contribution >= 4 is 75.4 Å². The Hall–Kier alpha value is -4.23. The van der Waals surface area contributed by atoms with Crippen molar-refractivity contribution < 1.29 is 8.42 Å². The number of benzene rings is 5. The number of fused-ring (bicyclic) bond motifs is 5. The highest BCUT2D eigenvalue weighted by Crippen LogP contribution is 2.32. The highest BCUT2D eigenvalue weighted by atomic mass is 32.2. The van der Waals surface area contributed by atoms with Gasteiger partial charge >= 0.3 is 0 Å². The van der Waals surface area contributed by atoms with Crippen molar-refractivity contribution in [3.05, 3.63) is 144 Å². The summed E-state index contributed by atoms with van der Waals surface area (Å²) in [6, 6.07) is 44.5. The molecule has 0 bridgehead atoms. The third kappa shape index (κ3) is 5.42. The van der Waals surface area contributed by atoms with E-state index in [0.29, 0.717) is 4.90 Å². The molecule has 40 heavy (non-hydrogen) atoms. The van der Waals surface area contributed by atoms with Gasteiger partial charge in [0.2, 0.25) is 0 Å². The van der Waals surface area contributed by atoms with Gasteiger partial charge in [-0.25, -0.2) is 8.42 Å². The number of nitrogens with zero attached hydrogens (tertiary/aromatic N) is 1. The van der Waals surface area contributed by atoms with E-state index in [9.17, 15) is 8.42 Å². The van der Waals surface area contributed by atoms with Gasteiger partial charge in [-0.15, -0.1) is 22.7 Å². The van der Waals surface area contributed by atoms with Crippen LogP contribution in [0, 0.1) is 0 Å². The third-order valence-electron chi connectivity index (χ3n) is 6.60. The van der Waals surface area contributed by atoms with Crippen LogP contribution in [0.5, 0.6) is 0 Å². The second-order valence-corrected chi connectivity index (χ2v) is 12.0. The van der Waals surface area contributed by atoms with Crippen LogP contribution in [-0.2, 0) is 10.7 Å². The second-order valence-electron chi connectivity index (χ2n) is 9.06. The van der Waals surface area contributed by atoms with Crippen LogP contribution in [0.4, 0.5) is 0 Å². The molecule has 0 aliphatic rings. The van der Waals surface area contributed by atoms with Crippen molar-refractivity contribution in [2.75, 3.05) is 0 Å². The van der Waals surface area contributed by atoms with Gasteiger partial charge < -0.3 is 4.57 Å². The molecule has 6 heteroatoms. The number of thiol groups is 1. The molecule has 0 aliphatic carbocycles. The molecular formula is C34H25NO2S3. The Bertz CT molecular complexity index is 1980. The minimum atomic E-state index is -2.58. The molecule has 196 valence electrons. The normalized spacial score (nSPS) is 10.9. The zero-order valence-corrected chi connectivity index (χ0v) is 23.9. The van der Waals surface area contributed by atoms with Crippen molar-refractivity contribution in [2.24, 2.45) is 0 Å². The molecule has 3 aromatic heterocycles. The van der Waals surface area contributed by atoms with Crippen LogP contribution in [-0.4, -0.2) is 13.0 Å². The van der Waals surface area contributed by atoms with E-state index in [1.807, 2.05) is 54.6 Å². The topological polar surface area (TPSA) is 39.1 Å². The molecule has 8 rings (SSSR count). The Morgan fingerprint density at radius 1 is 0.500 bits per heavy atom. The van der Waals surface area contributed by atoms with E-state index >= 15 is 0 Å². The van der Waals surface area contributed by atoms with Gasteiger partial charge in [0.15, 0.2) is 10.7 Å². The lowest BCUT2D eigenvalue weighted by Gasteiger charge is -2.07. The molecule has 0 N–H and O–H groups in total. The average molecular weight is 576 g/mol. The number of thiophene rings is 2. The van der Waals surface area contributed by atoms with Gasteiger partial charge in [-0.3, -0.25) is 0 Å². The first kappa shape index (κ1) is 26.0. The average Bonchev–Trinajstić information content (AvgIpc) is 3.75. The summed E-state index contributed by atoms with van der Waals surface area (Å²) in [6.07, 6.45) is 0. The van der Waals surface area contributed by atoms with E-state index in [1.54, 1.807) is 34.8 Å². The summed E-state index contributed by atoms with van der Waals surface area (Å²) < 4.78 is 27.5. The number of aromatic nitrogens is 1. The molecule has 0 spiro atoms. The molecule has 0 atom stereocenters. The summed E-state index contributed by atoms with van der Waals surface area (Å²) in [5.74, 6) is 0. The first-order valence-electron chi connectivity index (χ1n) is 12.8. The van der Waals surface area contributed by atoms with Crippen molar-refractivity contribution in [3.8, 4) is 5.69 Å². The van der Waals surface area contributed by atoms with Gasteiger partial charge in [0.1, 0.15) is 0 Å². The van der Waals surface area contributed by atoms with Gasteiger partial charge in [0.25, 0.3) is 0 Å². The molecule has 0 amide bonds. The smallest absolute Gasteiger partial charge is 0.168 e. The van der Waals surface area contributed by atoms with Crippen molar-refractivity contribution in [1.82, 2.24) is 4.57 Å². The van der Waals surface area contributed by atoms with Crippen LogP contribution in [0.25, 0.3) is 47.7 Å². The molecular weight excluding hydrogens is 551 g/mol. The van der Waals surface area contributed by atoms with Gasteiger partial charge in [-0.1, -0.05) is 72.8 Å². The molecule has 0 saturated carbocycles.